The Morgan fingerprint density at radius 3 is 2.85 bits per heavy atom. The average Bonchev–Trinajstić information content (AvgIpc) is 2.56. The highest BCUT2D eigenvalue weighted by Crippen LogP contribution is 2.20. The molecule has 1 saturated heterocycles. The third-order valence-electron chi connectivity index (χ3n) is 4.25. The molecule has 3 rings (SSSR count). The molecule has 0 bridgehead atoms. The highest BCUT2D eigenvalue weighted by Gasteiger charge is 2.27. The van der Waals surface area contributed by atoms with Crippen LogP contribution in [0.1, 0.15) is 12.6 Å². The van der Waals surface area contributed by atoms with Gasteiger partial charge in [0.15, 0.2) is 0 Å². The standard InChI is InChI=1S/C18H23ClN6O/c1-4-25-10-15(11-25)26-16-8-12(2)21-18(22-16)23-17(20)24(3)14-7-5-6-13(19)9-14/h5-9,15H,4,10-11H2,1-3H3,(H2,20,21,22,23). The summed E-state index contributed by atoms with van der Waals surface area (Å²) in [5.41, 5.74) is 1.58. The zero-order valence-electron chi connectivity index (χ0n) is 15.2. The molecule has 2 N–H and O–H groups in total. The van der Waals surface area contributed by atoms with Gasteiger partial charge in [-0.25, -0.2) is 4.98 Å². The molecule has 1 aliphatic heterocycles. The maximum atomic E-state index is 8.27. The highest BCUT2D eigenvalue weighted by atomic mass is 35.5. The number of nitrogens with one attached hydrogen (secondary N) is 2. The molecule has 0 amide bonds. The van der Waals surface area contributed by atoms with Gasteiger partial charge >= 0.3 is 0 Å². The van der Waals surface area contributed by atoms with Crippen LogP contribution in [0, 0.1) is 12.3 Å². The minimum absolute atomic E-state index is 0.143. The summed E-state index contributed by atoms with van der Waals surface area (Å²) in [7, 11) is 1.78. The van der Waals surface area contributed by atoms with Gasteiger partial charge in [-0.05, 0) is 31.7 Å². The van der Waals surface area contributed by atoms with E-state index in [2.05, 4.69) is 27.1 Å². The van der Waals surface area contributed by atoms with Crippen LogP contribution in [0.25, 0.3) is 0 Å². The number of rotatable bonds is 5. The molecule has 0 saturated carbocycles. The van der Waals surface area contributed by atoms with Gasteiger partial charge in [0.1, 0.15) is 6.10 Å². The summed E-state index contributed by atoms with van der Waals surface area (Å²) in [4.78, 5) is 12.7. The highest BCUT2D eigenvalue weighted by molar-refractivity contribution is 6.31. The molecule has 0 unspecified atom stereocenters. The van der Waals surface area contributed by atoms with Crippen LogP contribution in [0.15, 0.2) is 30.3 Å². The summed E-state index contributed by atoms with van der Waals surface area (Å²) in [6.07, 6.45) is 0.158. The number of benzene rings is 1. The van der Waals surface area contributed by atoms with Crippen molar-refractivity contribution >= 4 is 29.2 Å². The lowest BCUT2D eigenvalue weighted by Gasteiger charge is -2.37. The van der Waals surface area contributed by atoms with E-state index < -0.39 is 0 Å². The molecule has 0 atom stereocenters. The Kier molecular flexibility index (Phi) is 5.58. The summed E-state index contributed by atoms with van der Waals surface area (Å²) < 4.78 is 5.91. The molecule has 8 heteroatoms. The van der Waals surface area contributed by atoms with Gasteiger partial charge in [0.25, 0.3) is 0 Å². The number of guanidine groups is 1. The molecule has 1 aromatic heterocycles. The van der Waals surface area contributed by atoms with Gasteiger partial charge in [0.2, 0.25) is 17.8 Å². The van der Waals surface area contributed by atoms with E-state index in [-0.39, 0.29) is 12.1 Å². The molecule has 2 aromatic rings. The van der Waals surface area contributed by atoms with Crippen molar-refractivity contribution in [1.29, 1.82) is 5.41 Å². The summed E-state index contributed by atoms with van der Waals surface area (Å²) in [5, 5.41) is 11.8. The minimum atomic E-state index is 0.143. The van der Waals surface area contributed by atoms with Crippen LogP contribution in [0.2, 0.25) is 5.02 Å². The van der Waals surface area contributed by atoms with E-state index in [4.69, 9.17) is 21.7 Å². The fourth-order valence-corrected chi connectivity index (χ4v) is 2.87. The van der Waals surface area contributed by atoms with Crippen LogP contribution < -0.4 is 15.0 Å². The van der Waals surface area contributed by atoms with Crippen molar-refractivity contribution in [3.8, 4) is 5.88 Å². The van der Waals surface area contributed by atoms with Crippen LogP contribution in [0.3, 0.4) is 0 Å². The van der Waals surface area contributed by atoms with Gasteiger partial charge in [-0.1, -0.05) is 24.6 Å². The minimum Gasteiger partial charge on any atom is -0.471 e. The molecular formula is C18H23ClN6O. The van der Waals surface area contributed by atoms with Crippen molar-refractivity contribution in [1.82, 2.24) is 14.9 Å². The van der Waals surface area contributed by atoms with E-state index >= 15 is 0 Å². The number of aromatic nitrogens is 2. The Hall–Kier alpha value is -2.38. The van der Waals surface area contributed by atoms with Gasteiger partial charge < -0.3 is 9.64 Å². The lowest BCUT2D eigenvalue weighted by molar-refractivity contribution is 0.0209. The van der Waals surface area contributed by atoms with Gasteiger partial charge in [0.05, 0.1) is 0 Å². The largest absolute Gasteiger partial charge is 0.471 e. The lowest BCUT2D eigenvalue weighted by Crippen LogP contribution is -2.53. The number of halogens is 1. The van der Waals surface area contributed by atoms with Gasteiger partial charge in [-0.15, -0.1) is 0 Å². The number of anilines is 2. The third-order valence-corrected chi connectivity index (χ3v) is 4.49. The van der Waals surface area contributed by atoms with E-state index in [1.165, 1.54) is 0 Å². The number of hydrogen-bond donors (Lipinski definition) is 2. The molecule has 2 heterocycles. The zero-order valence-corrected chi connectivity index (χ0v) is 15.9. The monoisotopic (exact) mass is 374 g/mol. The average molecular weight is 375 g/mol. The second kappa shape index (κ2) is 7.88. The topological polar surface area (TPSA) is 77.4 Å². The number of aryl methyl sites for hydroxylation is 1. The first-order valence-electron chi connectivity index (χ1n) is 8.54. The number of likely N-dealkylation sites (tertiary alicyclic amines) is 1. The summed E-state index contributed by atoms with van der Waals surface area (Å²) in [6.45, 7) is 6.87. The predicted molar refractivity (Wildman–Crippen MR) is 105 cm³/mol. The summed E-state index contributed by atoms with van der Waals surface area (Å²) in [5.74, 6) is 1.01. The fraction of sp³-hybridized carbons (Fsp3) is 0.389. The van der Waals surface area contributed by atoms with Crippen molar-refractivity contribution in [3.05, 3.63) is 41.0 Å². The molecule has 0 spiro atoms. The van der Waals surface area contributed by atoms with Crippen LogP contribution >= 0.6 is 11.6 Å². The van der Waals surface area contributed by atoms with Gasteiger partial charge in [-0.3, -0.25) is 15.6 Å². The smallest absolute Gasteiger partial charge is 0.233 e. The molecular weight excluding hydrogens is 352 g/mol. The van der Waals surface area contributed by atoms with Crippen LogP contribution in [-0.4, -0.2) is 53.6 Å². The first-order valence-corrected chi connectivity index (χ1v) is 8.92. The molecule has 1 aromatic carbocycles. The Bertz CT molecular complexity index is 793. The van der Waals surface area contributed by atoms with Crippen molar-refractivity contribution < 1.29 is 4.74 Å². The van der Waals surface area contributed by atoms with Crippen molar-refractivity contribution in [2.75, 3.05) is 36.9 Å². The number of hydrogen-bond acceptors (Lipinski definition) is 5. The Labute approximate surface area is 158 Å². The SMILES string of the molecule is CCN1CC(Oc2cc(C)nc(NC(=N)N(C)c3cccc(Cl)c3)n2)C1. The van der Waals surface area contributed by atoms with Crippen LogP contribution in [-0.2, 0) is 0 Å². The third kappa shape index (κ3) is 4.42. The van der Waals surface area contributed by atoms with Crippen LogP contribution in [0.4, 0.5) is 11.6 Å². The molecule has 0 aliphatic carbocycles. The van der Waals surface area contributed by atoms with Crippen LogP contribution in [0.5, 0.6) is 5.88 Å². The Morgan fingerprint density at radius 1 is 1.38 bits per heavy atom. The summed E-state index contributed by atoms with van der Waals surface area (Å²) in [6, 6.07) is 9.12. The van der Waals surface area contributed by atoms with Gasteiger partial charge in [0, 0.05) is 42.6 Å². The first-order chi connectivity index (χ1) is 12.4. The van der Waals surface area contributed by atoms with E-state index in [1.54, 1.807) is 24.1 Å². The van der Waals surface area contributed by atoms with Crippen molar-refractivity contribution in [2.45, 2.75) is 20.0 Å². The molecule has 26 heavy (non-hydrogen) atoms. The number of ether oxygens (including phenoxy) is 1. The van der Waals surface area contributed by atoms with Crippen molar-refractivity contribution in [3.63, 3.8) is 0 Å². The zero-order chi connectivity index (χ0) is 18.7. The van der Waals surface area contributed by atoms with E-state index in [1.807, 2.05) is 25.1 Å². The fourth-order valence-electron chi connectivity index (χ4n) is 2.69. The quantitative estimate of drug-likeness (QED) is 0.618. The molecule has 1 aliphatic rings. The van der Waals surface area contributed by atoms with Crippen molar-refractivity contribution in [2.24, 2.45) is 0 Å². The van der Waals surface area contributed by atoms with E-state index in [9.17, 15) is 0 Å². The predicted octanol–water partition coefficient (Wildman–Crippen LogP) is 3.00. The maximum Gasteiger partial charge on any atom is 0.233 e. The van der Waals surface area contributed by atoms with E-state index in [0.717, 1.165) is 31.0 Å². The number of nitrogens with zero attached hydrogens (tertiary/aromatic N) is 4. The first kappa shape index (κ1) is 18.4. The number of likely N-dealkylation sites (N-methyl/N-ethyl adjacent to an activating group) is 1. The molecule has 1 fully saturated rings. The Balaban J connectivity index is 1.66. The second-order valence-electron chi connectivity index (χ2n) is 6.28. The Morgan fingerprint density at radius 2 is 2.15 bits per heavy atom. The van der Waals surface area contributed by atoms with E-state index in [0.29, 0.717) is 16.9 Å². The van der Waals surface area contributed by atoms with Gasteiger partial charge in [-0.2, -0.15) is 4.98 Å². The lowest BCUT2D eigenvalue weighted by atomic mass is 10.2. The molecule has 7 nitrogen and oxygen atoms in total. The maximum absolute atomic E-state index is 8.27. The molecule has 138 valence electrons. The summed E-state index contributed by atoms with van der Waals surface area (Å²) >= 11 is 6.02. The second-order valence-corrected chi connectivity index (χ2v) is 6.71. The normalized spacial score (nSPS) is 14.6. The molecule has 0 radical (unpaired) electrons.